The maximum Gasteiger partial charge on any atom is 0.345 e. The Labute approximate surface area is 110 Å². The summed E-state index contributed by atoms with van der Waals surface area (Å²) in [7, 11) is 0. The topological polar surface area (TPSA) is 68.4 Å². The number of ether oxygens (including phenoxy) is 2. The normalized spacial score (nSPS) is 11.2. The smallest absolute Gasteiger partial charge is 0.345 e. The molecule has 6 heteroatoms. The fraction of sp³-hybridized carbons (Fsp3) is 0.500. The zero-order valence-electron chi connectivity index (χ0n) is 10.8. The minimum absolute atomic E-state index is 0.0370. The number of esters is 1. The van der Waals surface area contributed by atoms with E-state index in [-0.39, 0.29) is 23.1 Å². The minimum atomic E-state index is -0.761. The van der Waals surface area contributed by atoms with Crippen LogP contribution in [0.2, 0.25) is 5.15 Å². The van der Waals surface area contributed by atoms with Crippen molar-refractivity contribution in [1.82, 2.24) is 4.98 Å². The highest BCUT2D eigenvalue weighted by atomic mass is 35.5. The van der Waals surface area contributed by atoms with E-state index in [1.54, 1.807) is 27.7 Å². The molecule has 0 saturated carbocycles. The van der Waals surface area contributed by atoms with Crippen molar-refractivity contribution in [2.24, 2.45) is 0 Å². The van der Waals surface area contributed by atoms with Crippen molar-refractivity contribution in [3.8, 4) is 5.75 Å². The summed E-state index contributed by atoms with van der Waals surface area (Å²) in [5.41, 5.74) is -1.36. The monoisotopic (exact) mass is 273 g/mol. The van der Waals surface area contributed by atoms with Gasteiger partial charge in [-0.3, -0.25) is 4.79 Å². The lowest BCUT2D eigenvalue weighted by molar-refractivity contribution is 0.0522. The van der Waals surface area contributed by atoms with E-state index in [0.29, 0.717) is 0 Å². The summed E-state index contributed by atoms with van der Waals surface area (Å²) in [5.74, 6) is -0.724. The van der Waals surface area contributed by atoms with Crippen molar-refractivity contribution in [3.63, 3.8) is 0 Å². The fourth-order valence-corrected chi connectivity index (χ4v) is 1.50. The summed E-state index contributed by atoms with van der Waals surface area (Å²) in [6, 6.07) is 0. The van der Waals surface area contributed by atoms with Crippen LogP contribution in [0.15, 0.2) is 11.0 Å². The van der Waals surface area contributed by atoms with Crippen molar-refractivity contribution in [2.75, 3.05) is 6.61 Å². The number of nitrogens with one attached hydrogen (secondary N) is 1. The highest BCUT2D eigenvalue weighted by Crippen LogP contribution is 2.17. The Kier molecular flexibility index (Phi) is 4.40. The van der Waals surface area contributed by atoms with E-state index in [1.165, 1.54) is 6.20 Å². The van der Waals surface area contributed by atoms with Gasteiger partial charge >= 0.3 is 5.97 Å². The third-order valence-electron chi connectivity index (χ3n) is 1.90. The maximum absolute atomic E-state index is 12.1. The van der Waals surface area contributed by atoms with Crippen molar-refractivity contribution >= 4 is 17.6 Å². The van der Waals surface area contributed by atoms with Gasteiger partial charge in [0.1, 0.15) is 16.3 Å². The van der Waals surface area contributed by atoms with Crippen LogP contribution in [0.5, 0.6) is 5.75 Å². The zero-order chi connectivity index (χ0) is 13.9. The zero-order valence-corrected chi connectivity index (χ0v) is 11.6. The molecule has 0 amide bonds. The first kappa shape index (κ1) is 14.6. The highest BCUT2D eigenvalue weighted by Gasteiger charge is 2.22. The standard InChI is InChI=1S/C12H16ClNO4/c1-5-17-11(16)8-9(15)7(6-14-10(8)13)18-12(2,3)4/h6H,5H2,1-4H3,(H,14,15). The number of aromatic amines is 1. The molecule has 0 spiro atoms. The van der Waals surface area contributed by atoms with Crippen molar-refractivity contribution in [1.29, 1.82) is 0 Å². The average Bonchev–Trinajstić information content (AvgIpc) is 2.21. The van der Waals surface area contributed by atoms with Gasteiger partial charge < -0.3 is 14.5 Å². The molecule has 0 aliphatic carbocycles. The molecule has 1 aromatic heterocycles. The summed E-state index contributed by atoms with van der Waals surface area (Å²) in [6.07, 6.45) is 1.33. The van der Waals surface area contributed by atoms with Gasteiger partial charge in [-0.05, 0) is 27.7 Å². The Morgan fingerprint density at radius 2 is 2.06 bits per heavy atom. The van der Waals surface area contributed by atoms with E-state index in [1.807, 2.05) is 0 Å². The number of halogens is 1. The number of carbonyl (C=O) groups excluding carboxylic acids is 1. The molecular weight excluding hydrogens is 258 g/mol. The van der Waals surface area contributed by atoms with Gasteiger partial charge in [-0.25, -0.2) is 4.79 Å². The molecule has 0 unspecified atom stereocenters. The molecule has 1 rings (SSSR count). The molecule has 5 nitrogen and oxygen atoms in total. The Bertz CT molecular complexity index is 502. The number of pyridine rings is 1. The van der Waals surface area contributed by atoms with Gasteiger partial charge in [0.2, 0.25) is 5.43 Å². The molecule has 100 valence electrons. The van der Waals surface area contributed by atoms with E-state index in [2.05, 4.69) is 4.98 Å². The van der Waals surface area contributed by atoms with Crippen LogP contribution in [0, 0.1) is 0 Å². The predicted molar refractivity (Wildman–Crippen MR) is 68.4 cm³/mol. The number of rotatable bonds is 3. The van der Waals surface area contributed by atoms with Gasteiger partial charge in [-0.15, -0.1) is 0 Å². The third-order valence-corrected chi connectivity index (χ3v) is 2.19. The molecule has 1 N–H and O–H groups in total. The largest absolute Gasteiger partial charge is 0.482 e. The number of hydrogen-bond acceptors (Lipinski definition) is 4. The Hall–Kier alpha value is -1.49. The summed E-state index contributed by atoms with van der Waals surface area (Å²) in [5, 5.41) is -0.0558. The molecule has 1 heterocycles. The molecule has 1 aromatic rings. The maximum atomic E-state index is 12.1. The lowest BCUT2D eigenvalue weighted by atomic mass is 10.2. The molecule has 0 saturated heterocycles. The van der Waals surface area contributed by atoms with Gasteiger partial charge in [0.15, 0.2) is 5.75 Å². The summed E-state index contributed by atoms with van der Waals surface area (Å²) < 4.78 is 10.2. The van der Waals surface area contributed by atoms with Crippen LogP contribution in [0.25, 0.3) is 0 Å². The van der Waals surface area contributed by atoms with Crippen molar-refractivity contribution < 1.29 is 14.3 Å². The lowest BCUT2D eigenvalue weighted by Gasteiger charge is -2.20. The second kappa shape index (κ2) is 5.44. The van der Waals surface area contributed by atoms with Crippen molar-refractivity contribution in [3.05, 3.63) is 27.1 Å². The summed E-state index contributed by atoms with van der Waals surface area (Å²) >= 11 is 5.79. The molecule has 0 radical (unpaired) electrons. The number of hydrogen-bond donors (Lipinski definition) is 1. The Morgan fingerprint density at radius 1 is 1.44 bits per heavy atom. The van der Waals surface area contributed by atoms with Crippen LogP contribution < -0.4 is 10.2 Å². The van der Waals surface area contributed by atoms with Crippen LogP contribution in [-0.4, -0.2) is 23.2 Å². The number of H-pyrrole nitrogens is 1. The second-order valence-electron chi connectivity index (χ2n) is 4.61. The van der Waals surface area contributed by atoms with E-state index >= 15 is 0 Å². The van der Waals surface area contributed by atoms with Gasteiger partial charge in [0.05, 0.1) is 6.61 Å². The molecule has 0 aromatic carbocycles. The molecule has 0 atom stereocenters. The molecule has 0 bridgehead atoms. The first-order valence-electron chi connectivity index (χ1n) is 5.53. The first-order chi connectivity index (χ1) is 8.26. The Morgan fingerprint density at radius 3 is 2.56 bits per heavy atom. The van der Waals surface area contributed by atoms with E-state index in [0.717, 1.165) is 0 Å². The molecule has 0 aliphatic heterocycles. The van der Waals surface area contributed by atoms with Crippen LogP contribution in [0.3, 0.4) is 0 Å². The SMILES string of the molecule is CCOC(=O)c1c(Cl)[nH]cc(OC(C)(C)C)c1=O. The average molecular weight is 274 g/mol. The number of aromatic nitrogens is 1. The van der Waals surface area contributed by atoms with E-state index in [4.69, 9.17) is 21.1 Å². The Balaban J connectivity index is 3.23. The van der Waals surface area contributed by atoms with E-state index < -0.39 is 17.0 Å². The third kappa shape index (κ3) is 3.50. The predicted octanol–water partition coefficient (Wildman–Crippen LogP) is 2.38. The van der Waals surface area contributed by atoms with Crippen molar-refractivity contribution in [2.45, 2.75) is 33.3 Å². The summed E-state index contributed by atoms with van der Waals surface area (Å²) in [4.78, 5) is 26.3. The van der Waals surface area contributed by atoms with E-state index in [9.17, 15) is 9.59 Å². The van der Waals surface area contributed by atoms with Crippen LogP contribution in [-0.2, 0) is 4.74 Å². The quantitative estimate of drug-likeness (QED) is 0.678. The molecular formula is C12H16ClNO4. The molecule has 18 heavy (non-hydrogen) atoms. The molecule has 0 fully saturated rings. The lowest BCUT2D eigenvalue weighted by Crippen LogP contribution is -2.28. The van der Waals surface area contributed by atoms with Gasteiger partial charge in [-0.2, -0.15) is 0 Å². The summed E-state index contributed by atoms with van der Waals surface area (Å²) in [6.45, 7) is 7.20. The second-order valence-corrected chi connectivity index (χ2v) is 4.98. The van der Waals surface area contributed by atoms with Crippen LogP contribution >= 0.6 is 11.6 Å². The first-order valence-corrected chi connectivity index (χ1v) is 5.91. The number of carbonyl (C=O) groups is 1. The highest BCUT2D eigenvalue weighted by molar-refractivity contribution is 6.32. The fourth-order valence-electron chi connectivity index (χ4n) is 1.28. The van der Waals surface area contributed by atoms with Gasteiger partial charge in [0.25, 0.3) is 0 Å². The minimum Gasteiger partial charge on any atom is -0.482 e. The molecule has 0 aliphatic rings. The van der Waals surface area contributed by atoms with Gasteiger partial charge in [0, 0.05) is 6.20 Å². The van der Waals surface area contributed by atoms with Gasteiger partial charge in [-0.1, -0.05) is 11.6 Å². The van der Waals surface area contributed by atoms with Crippen LogP contribution in [0.4, 0.5) is 0 Å². The van der Waals surface area contributed by atoms with Crippen LogP contribution in [0.1, 0.15) is 38.1 Å².